The van der Waals surface area contributed by atoms with E-state index in [9.17, 15) is 0 Å². The summed E-state index contributed by atoms with van der Waals surface area (Å²) in [6.45, 7) is 8.35. The molecule has 1 aliphatic rings. The highest BCUT2D eigenvalue weighted by Gasteiger charge is 2.20. The highest BCUT2D eigenvalue weighted by atomic mass is 15.1. The van der Waals surface area contributed by atoms with Gasteiger partial charge in [0.25, 0.3) is 0 Å². The molecule has 1 fully saturated rings. The van der Waals surface area contributed by atoms with E-state index >= 15 is 0 Å². The molecule has 2 rings (SSSR count). The van der Waals surface area contributed by atoms with Crippen molar-refractivity contribution >= 4 is 0 Å². The van der Waals surface area contributed by atoms with Gasteiger partial charge in [0.1, 0.15) is 0 Å². The first kappa shape index (κ1) is 12.6. The third kappa shape index (κ3) is 4.12. The van der Waals surface area contributed by atoms with Gasteiger partial charge in [-0.05, 0) is 55.8 Å². The van der Waals surface area contributed by atoms with Crippen LogP contribution in [0.1, 0.15) is 45.1 Å². The van der Waals surface area contributed by atoms with Crippen LogP contribution in [0.25, 0.3) is 0 Å². The van der Waals surface area contributed by atoms with Crippen LogP contribution in [0.5, 0.6) is 0 Å². The van der Waals surface area contributed by atoms with Gasteiger partial charge < -0.3 is 0 Å². The minimum atomic E-state index is 0.556. The number of rotatable bonds is 2. The van der Waals surface area contributed by atoms with Crippen molar-refractivity contribution < 1.29 is 0 Å². The Kier molecular flexibility index (Phi) is 4.16. The van der Waals surface area contributed by atoms with Gasteiger partial charge in [0.15, 0.2) is 0 Å². The summed E-state index contributed by atoms with van der Waals surface area (Å²) in [6.07, 6.45) is 9.20. The van der Waals surface area contributed by atoms with Gasteiger partial charge >= 0.3 is 0 Å². The second-order valence-corrected chi connectivity index (χ2v) is 6.01. The lowest BCUT2D eigenvalue weighted by atomic mass is 9.82. The molecule has 0 atom stereocenters. The molecule has 2 heterocycles. The Morgan fingerprint density at radius 1 is 1.24 bits per heavy atom. The first-order chi connectivity index (χ1) is 8.16. The third-order valence-electron chi connectivity index (χ3n) is 3.78. The van der Waals surface area contributed by atoms with Gasteiger partial charge in [-0.1, -0.05) is 19.9 Å². The van der Waals surface area contributed by atoms with E-state index in [4.69, 9.17) is 0 Å². The average molecular weight is 232 g/mol. The lowest BCUT2D eigenvalue weighted by Gasteiger charge is -2.32. The Morgan fingerprint density at radius 2 is 1.94 bits per heavy atom. The van der Waals surface area contributed by atoms with Crippen LogP contribution in [0.2, 0.25) is 0 Å². The van der Waals surface area contributed by atoms with Crippen molar-refractivity contribution in [2.75, 3.05) is 13.1 Å². The molecule has 0 radical (unpaired) electrons. The molecule has 0 spiro atoms. The molecule has 0 unspecified atom stereocenters. The molecule has 0 aliphatic carbocycles. The SMILES string of the molecule is CC1(C)CCCN(Cc2cccnc2)CCC1. The molecule has 1 aromatic rings. The van der Waals surface area contributed by atoms with Gasteiger partial charge in [-0.2, -0.15) is 0 Å². The molecule has 94 valence electrons. The predicted octanol–water partition coefficient (Wildman–Crippen LogP) is 3.48. The fourth-order valence-corrected chi connectivity index (χ4v) is 2.71. The topological polar surface area (TPSA) is 16.1 Å². The van der Waals surface area contributed by atoms with Gasteiger partial charge in [0, 0.05) is 18.9 Å². The summed E-state index contributed by atoms with van der Waals surface area (Å²) in [4.78, 5) is 6.76. The number of pyridine rings is 1. The van der Waals surface area contributed by atoms with E-state index in [1.807, 2.05) is 18.5 Å². The Balaban J connectivity index is 1.87. The van der Waals surface area contributed by atoms with Crippen molar-refractivity contribution in [3.63, 3.8) is 0 Å². The molecule has 0 N–H and O–H groups in total. The van der Waals surface area contributed by atoms with Crippen LogP contribution in [0.4, 0.5) is 0 Å². The van der Waals surface area contributed by atoms with E-state index in [-0.39, 0.29) is 0 Å². The molecular weight excluding hydrogens is 208 g/mol. The monoisotopic (exact) mass is 232 g/mol. The molecule has 0 bridgehead atoms. The first-order valence-electron chi connectivity index (χ1n) is 6.77. The van der Waals surface area contributed by atoms with E-state index in [1.54, 1.807) is 0 Å². The highest BCUT2D eigenvalue weighted by molar-refractivity contribution is 5.08. The van der Waals surface area contributed by atoms with Crippen molar-refractivity contribution in [2.24, 2.45) is 5.41 Å². The van der Waals surface area contributed by atoms with Gasteiger partial charge in [-0.25, -0.2) is 0 Å². The zero-order valence-electron chi connectivity index (χ0n) is 11.2. The number of hydrogen-bond donors (Lipinski definition) is 0. The maximum atomic E-state index is 4.19. The van der Waals surface area contributed by atoms with Crippen molar-refractivity contribution in [1.29, 1.82) is 0 Å². The number of aromatic nitrogens is 1. The maximum absolute atomic E-state index is 4.19. The minimum Gasteiger partial charge on any atom is -0.299 e. The standard InChI is InChI=1S/C15H24N2/c1-15(2)7-4-10-17(11-5-8-15)13-14-6-3-9-16-12-14/h3,6,9,12H,4-5,7-8,10-11,13H2,1-2H3. The average Bonchev–Trinajstić information content (AvgIpc) is 2.27. The molecule has 2 heteroatoms. The summed E-state index contributed by atoms with van der Waals surface area (Å²) in [6, 6.07) is 4.21. The van der Waals surface area contributed by atoms with Gasteiger partial charge in [0.05, 0.1) is 0 Å². The number of likely N-dealkylation sites (tertiary alicyclic amines) is 1. The Hall–Kier alpha value is -0.890. The lowest BCUT2D eigenvalue weighted by molar-refractivity contribution is 0.180. The van der Waals surface area contributed by atoms with Crippen LogP contribution in [0.3, 0.4) is 0 Å². The summed E-state index contributed by atoms with van der Waals surface area (Å²) in [5.41, 5.74) is 1.90. The molecule has 0 aromatic carbocycles. The van der Waals surface area contributed by atoms with E-state index in [0.717, 1.165) is 6.54 Å². The van der Waals surface area contributed by atoms with Crippen molar-refractivity contribution in [1.82, 2.24) is 9.88 Å². The summed E-state index contributed by atoms with van der Waals surface area (Å²) in [5, 5.41) is 0. The van der Waals surface area contributed by atoms with Crippen LogP contribution in [0.15, 0.2) is 24.5 Å². The van der Waals surface area contributed by atoms with E-state index in [2.05, 4.69) is 29.8 Å². The molecule has 2 nitrogen and oxygen atoms in total. The molecule has 1 aliphatic heterocycles. The highest BCUT2D eigenvalue weighted by Crippen LogP contribution is 2.30. The van der Waals surface area contributed by atoms with Crippen molar-refractivity contribution in [3.05, 3.63) is 30.1 Å². The molecule has 17 heavy (non-hydrogen) atoms. The second kappa shape index (κ2) is 5.63. The number of nitrogens with zero attached hydrogens (tertiary/aromatic N) is 2. The van der Waals surface area contributed by atoms with Crippen molar-refractivity contribution in [2.45, 2.75) is 46.1 Å². The summed E-state index contributed by atoms with van der Waals surface area (Å²) >= 11 is 0. The van der Waals surface area contributed by atoms with E-state index < -0.39 is 0 Å². The summed E-state index contributed by atoms with van der Waals surface area (Å²) in [5.74, 6) is 0. The van der Waals surface area contributed by atoms with Crippen LogP contribution < -0.4 is 0 Å². The molecular formula is C15H24N2. The number of hydrogen-bond acceptors (Lipinski definition) is 2. The fourth-order valence-electron chi connectivity index (χ4n) is 2.71. The predicted molar refractivity (Wildman–Crippen MR) is 71.8 cm³/mol. The Labute approximate surface area is 105 Å². The van der Waals surface area contributed by atoms with Crippen LogP contribution in [0, 0.1) is 5.41 Å². The van der Waals surface area contributed by atoms with Crippen molar-refractivity contribution in [3.8, 4) is 0 Å². The van der Waals surface area contributed by atoms with Crippen LogP contribution >= 0.6 is 0 Å². The zero-order valence-corrected chi connectivity index (χ0v) is 11.2. The van der Waals surface area contributed by atoms with E-state index in [0.29, 0.717) is 5.41 Å². The molecule has 1 aromatic heterocycles. The maximum Gasteiger partial charge on any atom is 0.0312 e. The Morgan fingerprint density at radius 3 is 2.53 bits per heavy atom. The molecule has 0 amide bonds. The first-order valence-corrected chi connectivity index (χ1v) is 6.77. The van der Waals surface area contributed by atoms with Gasteiger partial charge in [0.2, 0.25) is 0 Å². The Bertz CT molecular complexity index is 320. The minimum absolute atomic E-state index is 0.556. The van der Waals surface area contributed by atoms with E-state index in [1.165, 1.54) is 44.3 Å². The quantitative estimate of drug-likeness (QED) is 0.776. The second-order valence-electron chi connectivity index (χ2n) is 6.01. The summed E-state index contributed by atoms with van der Waals surface area (Å²) in [7, 11) is 0. The fraction of sp³-hybridized carbons (Fsp3) is 0.667. The van der Waals surface area contributed by atoms with Crippen LogP contribution in [-0.2, 0) is 6.54 Å². The summed E-state index contributed by atoms with van der Waals surface area (Å²) < 4.78 is 0. The van der Waals surface area contributed by atoms with Gasteiger partial charge in [-0.3, -0.25) is 9.88 Å². The normalized spacial score (nSPS) is 21.8. The molecule has 0 saturated carbocycles. The lowest BCUT2D eigenvalue weighted by Crippen LogP contribution is -2.30. The smallest absolute Gasteiger partial charge is 0.0312 e. The molecule has 1 saturated heterocycles. The van der Waals surface area contributed by atoms with Gasteiger partial charge in [-0.15, -0.1) is 0 Å². The zero-order chi connectivity index (χ0) is 12.1. The van der Waals surface area contributed by atoms with Crippen LogP contribution in [-0.4, -0.2) is 23.0 Å². The third-order valence-corrected chi connectivity index (χ3v) is 3.78. The largest absolute Gasteiger partial charge is 0.299 e.